The molecule has 0 unspecified atom stereocenters. The van der Waals surface area contributed by atoms with E-state index in [0.29, 0.717) is 38.5 Å². The highest BCUT2D eigenvalue weighted by atomic mass is 19.4. The van der Waals surface area contributed by atoms with Gasteiger partial charge >= 0.3 is 18.0 Å². The smallest absolute Gasteiger partial charge is 0.393 e. The number of hydrogen-bond acceptors (Lipinski definition) is 4. The zero-order valence-corrected chi connectivity index (χ0v) is 24.1. The molecular weight excluding hydrogens is 550 g/mol. The molecule has 234 valence electrons. The van der Waals surface area contributed by atoms with E-state index in [0.717, 1.165) is 43.6 Å². The first-order valence-electron chi connectivity index (χ1n) is 14.6. The highest BCUT2D eigenvalue weighted by molar-refractivity contribution is 5.27. The number of fused-ring (bicyclic) bond motifs is 1. The SMILES string of the molecule is CC(C)(O)CCC[C@H](CC#CC(O)(C(F)(F)F)C(F)(F)F)[C@H]1CC[C@H]2/C(=C/C=C3C[C@@H](O)C[C@H](O)C3)CCC[C@]12C. The van der Waals surface area contributed by atoms with E-state index in [2.05, 4.69) is 18.9 Å². The van der Waals surface area contributed by atoms with Gasteiger partial charge in [0.1, 0.15) is 0 Å². The fourth-order valence-electron chi connectivity index (χ4n) is 7.44. The summed E-state index contributed by atoms with van der Waals surface area (Å²) in [5.41, 5.74) is -4.05. The van der Waals surface area contributed by atoms with Crippen molar-refractivity contribution in [3.63, 3.8) is 0 Å². The van der Waals surface area contributed by atoms with E-state index >= 15 is 0 Å². The van der Waals surface area contributed by atoms with Crippen molar-refractivity contribution in [3.8, 4) is 11.8 Å². The Morgan fingerprint density at radius 3 is 2.15 bits per heavy atom. The van der Waals surface area contributed by atoms with Crippen molar-refractivity contribution in [1.29, 1.82) is 0 Å². The molecule has 0 radical (unpaired) electrons. The van der Waals surface area contributed by atoms with Crippen LogP contribution in [0, 0.1) is 35.0 Å². The lowest BCUT2D eigenvalue weighted by molar-refractivity contribution is -0.343. The van der Waals surface area contributed by atoms with Crippen LogP contribution in [0.3, 0.4) is 0 Å². The van der Waals surface area contributed by atoms with Crippen molar-refractivity contribution in [2.75, 3.05) is 0 Å². The number of hydrogen-bond donors (Lipinski definition) is 4. The van der Waals surface area contributed by atoms with Crippen LogP contribution in [-0.4, -0.2) is 56.2 Å². The number of aliphatic hydroxyl groups is 4. The molecule has 0 aliphatic heterocycles. The van der Waals surface area contributed by atoms with Crippen LogP contribution in [0.4, 0.5) is 26.3 Å². The van der Waals surface area contributed by atoms with Gasteiger partial charge < -0.3 is 20.4 Å². The largest absolute Gasteiger partial charge is 0.438 e. The predicted molar refractivity (Wildman–Crippen MR) is 143 cm³/mol. The second-order valence-electron chi connectivity index (χ2n) is 13.3. The average molecular weight is 595 g/mol. The number of rotatable bonds is 7. The van der Waals surface area contributed by atoms with Crippen molar-refractivity contribution in [2.24, 2.45) is 23.2 Å². The Balaban J connectivity index is 1.87. The predicted octanol–water partition coefficient (Wildman–Crippen LogP) is 6.77. The van der Waals surface area contributed by atoms with Gasteiger partial charge in [-0.15, -0.1) is 0 Å². The van der Waals surface area contributed by atoms with Crippen LogP contribution in [0.15, 0.2) is 23.3 Å². The summed E-state index contributed by atoms with van der Waals surface area (Å²) in [5, 5.41) is 39.7. The summed E-state index contributed by atoms with van der Waals surface area (Å²) in [7, 11) is 0. The van der Waals surface area contributed by atoms with Crippen molar-refractivity contribution < 1.29 is 46.8 Å². The third kappa shape index (κ3) is 8.10. The molecular formula is C31H44F6O4. The molecule has 0 bridgehead atoms. The first-order chi connectivity index (χ1) is 18.8. The van der Waals surface area contributed by atoms with Crippen LogP contribution >= 0.6 is 0 Å². The summed E-state index contributed by atoms with van der Waals surface area (Å²) < 4.78 is 79.2. The van der Waals surface area contributed by atoms with Crippen LogP contribution in [-0.2, 0) is 0 Å². The second kappa shape index (κ2) is 12.6. The van der Waals surface area contributed by atoms with Crippen LogP contribution in [0.1, 0.15) is 97.8 Å². The fraction of sp³-hybridized carbons (Fsp3) is 0.806. The normalized spacial score (nSPS) is 31.4. The summed E-state index contributed by atoms with van der Waals surface area (Å²) in [6.45, 7) is 5.46. The fourth-order valence-corrected chi connectivity index (χ4v) is 7.44. The lowest BCUT2D eigenvalue weighted by Gasteiger charge is -2.45. The van der Waals surface area contributed by atoms with Gasteiger partial charge in [0.25, 0.3) is 0 Å². The highest BCUT2D eigenvalue weighted by Crippen LogP contribution is 2.60. The van der Waals surface area contributed by atoms with Gasteiger partial charge in [-0.1, -0.05) is 42.6 Å². The molecule has 4 N–H and O–H groups in total. The minimum atomic E-state index is -5.99. The standard InChI is InChI=1S/C31H44F6O4/c1-27(2,40)14-4-7-21(9-6-16-29(41,30(32,33)34)31(35,36)37)25-12-13-26-22(8-5-15-28(25,26)3)11-10-20-17-23(38)19-24(39)18-20/h10-11,21,23-26,38-41H,4-5,7-9,12-15,17-19H2,1-3H3/b22-11+/t21-,23-,24-,25-,26+,28-/m1/s1. The molecule has 0 heterocycles. The molecule has 0 aromatic carbocycles. The Labute approximate surface area is 238 Å². The minimum Gasteiger partial charge on any atom is -0.393 e. The molecule has 0 amide bonds. The summed E-state index contributed by atoms with van der Waals surface area (Å²) >= 11 is 0. The summed E-state index contributed by atoms with van der Waals surface area (Å²) in [5.74, 6) is 3.13. The first kappa shape index (κ1) is 34.0. The van der Waals surface area contributed by atoms with Crippen LogP contribution < -0.4 is 0 Å². The van der Waals surface area contributed by atoms with Gasteiger partial charge in [0.15, 0.2) is 0 Å². The number of aliphatic hydroxyl groups excluding tert-OH is 2. The average Bonchev–Trinajstić information content (AvgIpc) is 3.16. The molecule has 10 heteroatoms. The van der Waals surface area contributed by atoms with Gasteiger partial charge in [-0.3, -0.25) is 0 Å². The Morgan fingerprint density at radius 1 is 0.976 bits per heavy atom. The molecule has 3 rings (SSSR count). The van der Waals surface area contributed by atoms with E-state index in [1.807, 2.05) is 6.08 Å². The van der Waals surface area contributed by atoms with E-state index < -0.39 is 35.8 Å². The Morgan fingerprint density at radius 2 is 1.59 bits per heavy atom. The first-order valence-corrected chi connectivity index (χ1v) is 14.6. The molecule has 3 fully saturated rings. The van der Waals surface area contributed by atoms with Crippen molar-refractivity contribution >= 4 is 0 Å². The molecule has 3 saturated carbocycles. The van der Waals surface area contributed by atoms with Crippen molar-refractivity contribution in [1.82, 2.24) is 0 Å². The van der Waals surface area contributed by atoms with Crippen molar-refractivity contribution in [3.05, 3.63) is 23.3 Å². The molecule has 0 spiro atoms. The number of halogens is 6. The maximum Gasteiger partial charge on any atom is 0.438 e. The maximum absolute atomic E-state index is 13.2. The second-order valence-corrected chi connectivity index (χ2v) is 13.3. The monoisotopic (exact) mass is 594 g/mol. The number of alkyl halides is 6. The van der Waals surface area contributed by atoms with Crippen LogP contribution in [0.25, 0.3) is 0 Å². The van der Waals surface area contributed by atoms with Gasteiger partial charge in [0, 0.05) is 6.42 Å². The van der Waals surface area contributed by atoms with Crippen LogP contribution in [0.5, 0.6) is 0 Å². The van der Waals surface area contributed by atoms with E-state index in [1.165, 1.54) is 5.57 Å². The molecule has 6 atom stereocenters. The molecule has 3 aliphatic rings. The summed E-state index contributed by atoms with van der Waals surface area (Å²) in [6, 6.07) is 0. The zero-order chi connectivity index (χ0) is 30.9. The summed E-state index contributed by atoms with van der Waals surface area (Å²) in [6.07, 6.45) is -2.19. The molecule has 4 nitrogen and oxygen atoms in total. The maximum atomic E-state index is 13.2. The van der Waals surface area contributed by atoms with Crippen LogP contribution in [0.2, 0.25) is 0 Å². The van der Waals surface area contributed by atoms with Gasteiger partial charge in [-0.25, -0.2) is 0 Å². The van der Waals surface area contributed by atoms with E-state index in [1.54, 1.807) is 13.8 Å². The summed E-state index contributed by atoms with van der Waals surface area (Å²) in [4.78, 5) is 0. The van der Waals surface area contributed by atoms with Crippen molar-refractivity contribution in [2.45, 2.75) is 134 Å². The minimum absolute atomic E-state index is 0.00292. The molecule has 3 aliphatic carbocycles. The third-order valence-electron chi connectivity index (χ3n) is 9.50. The quantitative estimate of drug-likeness (QED) is 0.194. The van der Waals surface area contributed by atoms with E-state index in [-0.39, 0.29) is 29.6 Å². The highest BCUT2D eigenvalue weighted by Gasteiger charge is 2.70. The molecule has 41 heavy (non-hydrogen) atoms. The third-order valence-corrected chi connectivity index (χ3v) is 9.50. The van der Waals surface area contributed by atoms with E-state index in [4.69, 9.17) is 0 Å². The molecule has 0 aromatic rings. The Kier molecular flexibility index (Phi) is 10.4. The number of allylic oxidation sites excluding steroid dienone is 3. The van der Waals surface area contributed by atoms with Gasteiger partial charge in [-0.2, -0.15) is 26.3 Å². The van der Waals surface area contributed by atoms with Gasteiger partial charge in [0.2, 0.25) is 0 Å². The lowest BCUT2D eigenvalue weighted by Crippen LogP contribution is -2.55. The zero-order valence-electron chi connectivity index (χ0n) is 24.1. The van der Waals surface area contributed by atoms with Gasteiger partial charge in [0.05, 0.1) is 17.8 Å². The Bertz CT molecular complexity index is 1000. The lowest BCUT2D eigenvalue weighted by atomic mass is 9.60. The van der Waals surface area contributed by atoms with Gasteiger partial charge in [-0.05, 0) is 107 Å². The topological polar surface area (TPSA) is 80.9 Å². The molecule has 0 saturated heterocycles. The van der Waals surface area contributed by atoms with E-state index in [9.17, 15) is 46.8 Å². The molecule has 0 aromatic heterocycles. The Hall–Kier alpha value is -1.54.